The zero-order valence-electron chi connectivity index (χ0n) is 38.5. The van der Waals surface area contributed by atoms with Crippen LogP contribution in [0.2, 0.25) is 0 Å². The highest BCUT2D eigenvalue weighted by Crippen LogP contribution is 2.41. The highest BCUT2D eigenvalue weighted by Gasteiger charge is 2.45. The summed E-state index contributed by atoms with van der Waals surface area (Å²) in [5.74, 6) is 0.233. The van der Waals surface area contributed by atoms with E-state index in [9.17, 15) is 28.8 Å². The van der Waals surface area contributed by atoms with E-state index in [0.29, 0.717) is 52.6 Å². The number of ether oxygens (including phenoxy) is 1. The molecule has 1 unspecified atom stereocenters. The fourth-order valence-electron chi connectivity index (χ4n) is 11.0. The maximum atomic E-state index is 13.4. The summed E-state index contributed by atoms with van der Waals surface area (Å²) in [5, 5.41) is 14.6. The number of benzene rings is 4. The van der Waals surface area contributed by atoms with Crippen molar-refractivity contribution in [2.24, 2.45) is 11.7 Å². The second-order valence-electron chi connectivity index (χ2n) is 18.8. The third-order valence-electron chi connectivity index (χ3n) is 14.5. The van der Waals surface area contributed by atoms with Gasteiger partial charge in [0.2, 0.25) is 0 Å². The smallest absolute Gasteiger partial charge is 0.264 e. The standard InChI is InChI=1S/C53H57N9O7/c54-49(65)47-48(35-13-16-40(17-14-35)69-39-5-2-1-3-6-39)58-62-43(19-24-56-50(47)62)34-20-29-60(30-21-34)37-22-27-59(28-23-37)32-33-9-11-36(12-10-33)51(66)57-26-25-55-42-8-4-7-41-46(42)53(68)61(52(41)67)44-18-15-38(63)31-45(44)64/h1-14,16-17,34,37,43-44,55-56H,15,18-32H2,(H2,54,65)(H,57,66)/t43-,44?/m0/s1. The Kier molecular flexibility index (Phi) is 13.1. The van der Waals surface area contributed by atoms with E-state index in [1.54, 1.807) is 18.2 Å². The van der Waals surface area contributed by atoms with Crippen LogP contribution in [-0.2, 0) is 16.1 Å². The van der Waals surface area contributed by atoms with Crippen LogP contribution in [0.25, 0.3) is 11.3 Å². The number of anilines is 2. The number of hydrogen-bond acceptors (Lipinski definition) is 12. The molecule has 1 aromatic heterocycles. The minimum atomic E-state index is -0.933. The van der Waals surface area contributed by atoms with Gasteiger partial charge in [0.25, 0.3) is 23.6 Å². The topological polar surface area (TPSA) is 201 Å². The van der Waals surface area contributed by atoms with Crippen LogP contribution in [0.4, 0.5) is 11.5 Å². The zero-order valence-corrected chi connectivity index (χ0v) is 38.5. The summed E-state index contributed by atoms with van der Waals surface area (Å²) in [6.07, 6.45) is 5.32. The zero-order chi connectivity index (χ0) is 47.6. The number of carbonyl (C=O) groups is 6. The van der Waals surface area contributed by atoms with Crippen molar-refractivity contribution in [3.63, 3.8) is 0 Å². The van der Waals surface area contributed by atoms with Crippen LogP contribution >= 0.6 is 0 Å². The normalized spacial score (nSPS) is 20.3. The number of nitrogens with zero attached hydrogens (tertiary/aromatic N) is 5. The number of primary amides is 1. The summed E-state index contributed by atoms with van der Waals surface area (Å²) in [4.78, 5) is 83.1. The van der Waals surface area contributed by atoms with E-state index in [-0.39, 0.29) is 54.7 Å². The molecule has 10 rings (SSSR count). The molecule has 4 aliphatic heterocycles. The lowest BCUT2D eigenvalue weighted by molar-refractivity contribution is -0.132. The second-order valence-corrected chi connectivity index (χ2v) is 18.8. The minimum Gasteiger partial charge on any atom is -0.457 e. The Labute approximate surface area is 400 Å². The summed E-state index contributed by atoms with van der Waals surface area (Å²) in [6, 6.07) is 29.7. The second kappa shape index (κ2) is 19.8. The number of hydrogen-bond donors (Lipinski definition) is 4. The first-order chi connectivity index (χ1) is 33.6. The van der Waals surface area contributed by atoms with Crippen LogP contribution in [0.5, 0.6) is 11.5 Å². The van der Waals surface area contributed by atoms with Gasteiger partial charge in [0, 0.05) is 55.5 Å². The van der Waals surface area contributed by atoms with Crippen molar-refractivity contribution in [1.29, 1.82) is 0 Å². The summed E-state index contributed by atoms with van der Waals surface area (Å²) in [5.41, 5.74) is 10.4. The number of amides is 4. The fraction of sp³-hybridized carbons (Fsp3) is 0.377. The Hall–Kier alpha value is -7.17. The van der Waals surface area contributed by atoms with Crippen molar-refractivity contribution in [2.75, 3.05) is 56.4 Å². The van der Waals surface area contributed by atoms with Crippen molar-refractivity contribution < 1.29 is 33.5 Å². The Bertz CT molecular complexity index is 2760. The lowest BCUT2D eigenvalue weighted by atomic mass is 9.85. The van der Waals surface area contributed by atoms with Crippen molar-refractivity contribution in [3.8, 4) is 22.8 Å². The van der Waals surface area contributed by atoms with Crippen LogP contribution in [0, 0.1) is 5.92 Å². The molecule has 356 valence electrons. The number of rotatable bonds is 14. The highest BCUT2D eigenvalue weighted by atomic mass is 16.5. The van der Waals surface area contributed by atoms with Gasteiger partial charge in [-0.2, -0.15) is 5.10 Å². The molecule has 1 aliphatic carbocycles. The third-order valence-corrected chi connectivity index (χ3v) is 14.5. The number of likely N-dealkylation sites (tertiary alicyclic amines) is 2. The van der Waals surface area contributed by atoms with E-state index in [4.69, 9.17) is 15.6 Å². The number of nitrogens with one attached hydrogen (secondary N) is 3. The van der Waals surface area contributed by atoms with Gasteiger partial charge in [-0.15, -0.1) is 0 Å². The van der Waals surface area contributed by atoms with Crippen LogP contribution < -0.4 is 26.4 Å². The van der Waals surface area contributed by atoms with Crippen LogP contribution in [0.3, 0.4) is 0 Å². The summed E-state index contributed by atoms with van der Waals surface area (Å²) >= 11 is 0. The number of piperidine rings is 2. The monoisotopic (exact) mass is 931 g/mol. The minimum absolute atomic E-state index is 0.143. The Morgan fingerprint density at radius 2 is 1.51 bits per heavy atom. The molecule has 0 bridgehead atoms. The first-order valence-electron chi connectivity index (χ1n) is 24.2. The average molecular weight is 932 g/mol. The van der Waals surface area contributed by atoms with Gasteiger partial charge in [-0.05, 0) is 137 Å². The van der Waals surface area contributed by atoms with E-state index in [1.807, 2.05) is 83.5 Å². The molecule has 5 aromatic rings. The quantitative estimate of drug-likeness (QED) is 0.0551. The summed E-state index contributed by atoms with van der Waals surface area (Å²) < 4.78 is 8.03. The molecule has 5 heterocycles. The fourth-order valence-corrected chi connectivity index (χ4v) is 11.0. The number of nitrogens with two attached hydrogens (primary N) is 1. The molecule has 4 amide bonds. The van der Waals surface area contributed by atoms with E-state index in [2.05, 4.69) is 25.8 Å². The van der Waals surface area contributed by atoms with E-state index >= 15 is 0 Å². The number of imide groups is 1. The molecule has 5 N–H and O–H groups in total. The van der Waals surface area contributed by atoms with Gasteiger partial charge in [0.15, 0.2) is 5.78 Å². The van der Waals surface area contributed by atoms with Crippen molar-refractivity contribution in [3.05, 3.63) is 125 Å². The third kappa shape index (κ3) is 9.50. The largest absolute Gasteiger partial charge is 0.457 e. The molecule has 4 aromatic carbocycles. The summed E-state index contributed by atoms with van der Waals surface area (Å²) in [6.45, 7) is 6.24. The van der Waals surface area contributed by atoms with E-state index in [0.717, 1.165) is 93.1 Å². The number of carbonyl (C=O) groups excluding carboxylic acids is 6. The van der Waals surface area contributed by atoms with Crippen LogP contribution in [0.1, 0.15) is 104 Å². The number of ketones is 2. The number of para-hydroxylation sites is 1. The Morgan fingerprint density at radius 3 is 2.23 bits per heavy atom. The van der Waals surface area contributed by atoms with Crippen LogP contribution in [0.15, 0.2) is 97.1 Å². The van der Waals surface area contributed by atoms with Crippen LogP contribution in [-0.4, -0.2) is 118 Å². The van der Waals surface area contributed by atoms with Gasteiger partial charge < -0.3 is 31.3 Å². The molecule has 2 atom stereocenters. The molecular formula is C53H57N9O7. The number of fused-ring (bicyclic) bond motifs is 2. The average Bonchev–Trinajstić information content (AvgIpc) is 3.89. The molecule has 1 saturated carbocycles. The molecule has 0 radical (unpaired) electrons. The molecule has 16 heteroatoms. The molecule has 2 saturated heterocycles. The van der Waals surface area contributed by atoms with Gasteiger partial charge in [0.05, 0.1) is 29.6 Å². The van der Waals surface area contributed by atoms with Gasteiger partial charge >= 0.3 is 0 Å². The van der Waals surface area contributed by atoms with Gasteiger partial charge in [-0.3, -0.25) is 38.6 Å². The first-order valence-corrected chi connectivity index (χ1v) is 24.2. The molecule has 16 nitrogen and oxygen atoms in total. The predicted octanol–water partition coefficient (Wildman–Crippen LogP) is 6.30. The number of aromatic nitrogens is 2. The maximum absolute atomic E-state index is 13.4. The number of Topliss-reactive ketones (excluding diaryl/α,β-unsaturated/α-hetero) is 2. The molecule has 0 spiro atoms. The predicted molar refractivity (Wildman–Crippen MR) is 259 cm³/mol. The van der Waals surface area contributed by atoms with Gasteiger partial charge in [-0.25, -0.2) is 4.68 Å². The van der Waals surface area contributed by atoms with Gasteiger partial charge in [0.1, 0.15) is 34.4 Å². The highest BCUT2D eigenvalue weighted by molar-refractivity contribution is 6.25. The SMILES string of the molecule is NC(=O)c1c(-c2ccc(Oc3ccccc3)cc2)nn2c1NCC[C@H]2C1CCN(C2CCN(Cc3ccc(C(=O)NCCNc4cccc5c4C(=O)N(C4CCC(=O)CC4=O)C5=O)cc3)CC2)CC1. The first kappa shape index (κ1) is 45.6. The molecule has 3 fully saturated rings. The lowest BCUT2D eigenvalue weighted by Gasteiger charge is -2.43. The van der Waals surface area contributed by atoms with Crippen molar-refractivity contribution >= 4 is 46.7 Å². The molecule has 69 heavy (non-hydrogen) atoms. The van der Waals surface area contributed by atoms with E-state index < -0.39 is 29.5 Å². The molecular weight excluding hydrogens is 875 g/mol. The van der Waals surface area contributed by atoms with Crippen molar-refractivity contribution in [2.45, 2.75) is 76.0 Å². The molecule has 5 aliphatic rings. The Morgan fingerprint density at radius 1 is 0.768 bits per heavy atom. The van der Waals surface area contributed by atoms with Gasteiger partial charge in [-0.1, -0.05) is 36.4 Å². The Balaban J connectivity index is 0.669. The summed E-state index contributed by atoms with van der Waals surface area (Å²) in [7, 11) is 0. The van der Waals surface area contributed by atoms with Crippen molar-refractivity contribution in [1.82, 2.24) is 29.8 Å². The maximum Gasteiger partial charge on any atom is 0.264 e. The lowest BCUT2D eigenvalue weighted by Crippen LogP contribution is -2.48. The van der Waals surface area contributed by atoms with E-state index in [1.165, 1.54) is 0 Å².